The van der Waals surface area contributed by atoms with E-state index in [9.17, 15) is 13.2 Å². The fourth-order valence-corrected chi connectivity index (χ4v) is 4.12. The Hall–Kier alpha value is -2.32. The van der Waals surface area contributed by atoms with Crippen molar-refractivity contribution in [3.05, 3.63) is 47.8 Å². The number of benzene rings is 1. The van der Waals surface area contributed by atoms with Crippen LogP contribution in [0.1, 0.15) is 29.9 Å². The quantitative estimate of drug-likeness (QED) is 0.483. The second kappa shape index (κ2) is 9.05. The molecule has 0 aliphatic rings. The summed E-state index contributed by atoms with van der Waals surface area (Å²) in [6.07, 6.45) is 1.42. The highest BCUT2D eigenvalue weighted by molar-refractivity contribution is 7.89. The van der Waals surface area contributed by atoms with Crippen molar-refractivity contribution in [3.8, 4) is 5.75 Å². The predicted molar refractivity (Wildman–Crippen MR) is 102 cm³/mol. The van der Waals surface area contributed by atoms with Crippen LogP contribution in [0.15, 0.2) is 41.4 Å². The van der Waals surface area contributed by atoms with Crippen molar-refractivity contribution in [1.29, 1.82) is 0 Å². The molecule has 148 valence electrons. The predicted octanol–water partition coefficient (Wildman–Crippen LogP) is 2.60. The summed E-state index contributed by atoms with van der Waals surface area (Å²) in [5.74, 6) is 0.106. The first-order valence-electron chi connectivity index (χ1n) is 8.82. The van der Waals surface area contributed by atoms with E-state index in [-0.39, 0.29) is 23.8 Å². The smallest absolute Gasteiger partial charge is 0.355 e. The molecule has 0 unspecified atom stereocenters. The van der Waals surface area contributed by atoms with Gasteiger partial charge in [0.05, 0.1) is 0 Å². The van der Waals surface area contributed by atoms with E-state index >= 15 is 0 Å². The molecule has 2 aromatic rings. The van der Waals surface area contributed by atoms with Gasteiger partial charge in [-0.3, -0.25) is 0 Å². The molecule has 8 heteroatoms. The van der Waals surface area contributed by atoms with Gasteiger partial charge in [-0.15, -0.1) is 0 Å². The molecule has 2 rings (SSSR count). The first kappa shape index (κ1) is 21.0. The molecule has 0 radical (unpaired) electrons. The number of aryl methyl sites for hydroxylation is 2. The highest BCUT2D eigenvalue weighted by Crippen LogP contribution is 2.19. The van der Waals surface area contributed by atoms with Gasteiger partial charge in [0.2, 0.25) is 10.0 Å². The first-order valence-corrected chi connectivity index (χ1v) is 10.3. The summed E-state index contributed by atoms with van der Waals surface area (Å²) in [6, 6.07) is 8.90. The summed E-state index contributed by atoms with van der Waals surface area (Å²) >= 11 is 0. The molecule has 0 N–H and O–H groups in total. The number of aromatic nitrogens is 1. The Morgan fingerprint density at radius 3 is 2.33 bits per heavy atom. The molecule has 1 aromatic carbocycles. The molecular weight excluding hydrogens is 368 g/mol. The maximum absolute atomic E-state index is 12.6. The van der Waals surface area contributed by atoms with Gasteiger partial charge in [0.25, 0.3) is 0 Å². The lowest BCUT2D eigenvalue weighted by atomic mass is 10.2. The zero-order valence-electron chi connectivity index (χ0n) is 16.1. The third-order valence-corrected chi connectivity index (χ3v) is 6.15. The second-order valence-corrected chi connectivity index (χ2v) is 8.00. The van der Waals surface area contributed by atoms with Crippen molar-refractivity contribution in [2.75, 3.05) is 26.3 Å². The Morgan fingerprint density at radius 2 is 1.74 bits per heavy atom. The lowest BCUT2D eigenvalue weighted by Crippen LogP contribution is -2.30. The third kappa shape index (κ3) is 5.11. The van der Waals surface area contributed by atoms with Crippen LogP contribution in [0.25, 0.3) is 0 Å². The van der Waals surface area contributed by atoms with Crippen molar-refractivity contribution < 1.29 is 22.7 Å². The normalized spacial score (nSPS) is 11.6. The Balaban J connectivity index is 1.96. The molecule has 0 amide bonds. The van der Waals surface area contributed by atoms with Gasteiger partial charge in [-0.2, -0.15) is 4.31 Å². The molecule has 1 aromatic heterocycles. The second-order valence-electron chi connectivity index (χ2n) is 6.06. The minimum atomic E-state index is -3.62. The van der Waals surface area contributed by atoms with Crippen molar-refractivity contribution in [2.45, 2.75) is 25.7 Å². The molecule has 0 aliphatic heterocycles. The van der Waals surface area contributed by atoms with E-state index in [4.69, 9.17) is 9.47 Å². The largest absolute Gasteiger partial charge is 0.490 e. The molecule has 0 spiro atoms. The average molecular weight is 394 g/mol. The van der Waals surface area contributed by atoms with E-state index in [2.05, 4.69) is 0 Å². The standard InChI is InChI=1S/C19H26N2O5S/c1-5-21(6-2)27(23,24)17-13-18(20(4)14-17)19(22)26-12-11-25-16-9-7-15(3)8-10-16/h7-10,13-14H,5-6,11-12H2,1-4H3. The van der Waals surface area contributed by atoms with Crippen molar-refractivity contribution in [2.24, 2.45) is 7.05 Å². The summed E-state index contributed by atoms with van der Waals surface area (Å²) in [7, 11) is -2.01. The Bertz CT molecular complexity index is 868. The fourth-order valence-electron chi connectivity index (χ4n) is 2.59. The number of rotatable bonds is 9. The van der Waals surface area contributed by atoms with E-state index in [1.54, 1.807) is 20.9 Å². The Morgan fingerprint density at radius 1 is 1.11 bits per heavy atom. The molecule has 0 saturated heterocycles. The van der Waals surface area contributed by atoms with Gasteiger partial charge < -0.3 is 14.0 Å². The fraction of sp³-hybridized carbons (Fsp3) is 0.421. The molecule has 27 heavy (non-hydrogen) atoms. The van der Waals surface area contributed by atoms with E-state index in [0.717, 1.165) is 5.56 Å². The molecule has 0 fully saturated rings. The highest BCUT2D eigenvalue weighted by atomic mass is 32.2. The van der Waals surface area contributed by atoms with E-state index in [1.807, 2.05) is 31.2 Å². The first-order chi connectivity index (χ1) is 12.8. The number of sulfonamides is 1. The maximum atomic E-state index is 12.6. The van der Waals surface area contributed by atoms with E-state index in [0.29, 0.717) is 18.8 Å². The van der Waals surface area contributed by atoms with Crippen molar-refractivity contribution >= 4 is 16.0 Å². The minimum absolute atomic E-state index is 0.0655. The molecule has 7 nitrogen and oxygen atoms in total. The number of carbonyl (C=O) groups excluding carboxylic acids is 1. The lowest BCUT2D eigenvalue weighted by molar-refractivity contribution is 0.0439. The average Bonchev–Trinajstić information content (AvgIpc) is 3.03. The molecule has 0 bridgehead atoms. The Kier molecular flexibility index (Phi) is 7.04. The van der Waals surface area contributed by atoms with Crippen LogP contribution in [0.2, 0.25) is 0 Å². The topological polar surface area (TPSA) is 77.8 Å². The lowest BCUT2D eigenvalue weighted by Gasteiger charge is -2.17. The number of hydrogen-bond donors (Lipinski definition) is 0. The number of nitrogens with zero attached hydrogens (tertiary/aromatic N) is 2. The summed E-state index contributed by atoms with van der Waals surface area (Å²) in [5, 5.41) is 0. The zero-order valence-corrected chi connectivity index (χ0v) is 17.0. The number of esters is 1. The van der Waals surface area contributed by atoms with Crippen LogP contribution < -0.4 is 4.74 Å². The van der Waals surface area contributed by atoms with Crippen LogP contribution in [0.5, 0.6) is 5.75 Å². The van der Waals surface area contributed by atoms with Crippen LogP contribution in [-0.2, 0) is 21.8 Å². The van der Waals surface area contributed by atoms with Crippen LogP contribution in [0.3, 0.4) is 0 Å². The molecule has 0 saturated carbocycles. The van der Waals surface area contributed by atoms with Gasteiger partial charge in [0, 0.05) is 26.3 Å². The maximum Gasteiger partial charge on any atom is 0.355 e. The van der Waals surface area contributed by atoms with Gasteiger partial charge in [-0.1, -0.05) is 31.5 Å². The van der Waals surface area contributed by atoms with Crippen LogP contribution in [0.4, 0.5) is 0 Å². The number of ether oxygens (including phenoxy) is 2. The Labute approximate surface area is 160 Å². The van der Waals surface area contributed by atoms with Gasteiger partial charge in [0.1, 0.15) is 29.6 Å². The van der Waals surface area contributed by atoms with Gasteiger partial charge in [-0.05, 0) is 25.1 Å². The SMILES string of the molecule is CCN(CC)S(=O)(=O)c1cc(C(=O)OCCOc2ccc(C)cc2)n(C)c1. The van der Waals surface area contributed by atoms with Crippen molar-refractivity contribution in [1.82, 2.24) is 8.87 Å². The summed E-state index contributed by atoms with van der Waals surface area (Å²) in [5.41, 5.74) is 1.31. The summed E-state index contributed by atoms with van der Waals surface area (Å²) in [4.78, 5) is 12.3. The molecule has 1 heterocycles. The van der Waals surface area contributed by atoms with Gasteiger partial charge >= 0.3 is 5.97 Å². The third-order valence-electron chi connectivity index (χ3n) is 4.14. The van der Waals surface area contributed by atoms with Crippen molar-refractivity contribution in [3.63, 3.8) is 0 Å². The van der Waals surface area contributed by atoms with E-state index < -0.39 is 16.0 Å². The van der Waals surface area contributed by atoms with Crippen LogP contribution in [-0.4, -0.2) is 49.6 Å². The van der Waals surface area contributed by atoms with Crippen LogP contribution >= 0.6 is 0 Å². The van der Waals surface area contributed by atoms with E-state index in [1.165, 1.54) is 21.1 Å². The number of hydrogen-bond acceptors (Lipinski definition) is 5. The monoisotopic (exact) mass is 394 g/mol. The number of carbonyl (C=O) groups is 1. The molecule has 0 atom stereocenters. The molecule has 0 aliphatic carbocycles. The van der Waals surface area contributed by atoms with Gasteiger partial charge in [0.15, 0.2) is 0 Å². The minimum Gasteiger partial charge on any atom is -0.490 e. The highest BCUT2D eigenvalue weighted by Gasteiger charge is 2.25. The zero-order chi connectivity index (χ0) is 20.0. The van der Waals surface area contributed by atoms with Crippen LogP contribution in [0, 0.1) is 6.92 Å². The molecular formula is C19H26N2O5S. The summed E-state index contributed by atoms with van der Waals surface area (Å²) < 4.78 is 38.6. The summed E-state index contributed by atoms with van der Waals surface area (Å²) in [6.45, 7) is 6.54. The van der Waals surface area contributed by atoms with Gasteiger partial charge in [-0.25, -0.2) is 13.2 Å².